The highest BCUT2D eigenvalue weighted by molar-refractivity contribution is 7.80. The van der Waals surface area contributed by atoms with Crippen LogP contribution in [0.4, 0.5) is 0 Å². The van der Waals surface area contributed by atoms with Gasteiger partial charge in [-0.1, -0.05) is 31.5 Å². The van der Waals surface area contributed by atoms with Crippen LogP contribution in [-0.2, 0) is 4.79 Å². The molecule has 1 aliphatic rings. The monoisotopic (exact) mass is 272 g/mol. The molecule has 0 unspecified atom stereocenters. The number of carbonyl (C=O) groups excluding carboxylic acids is 1. The number of hydrogen-bond donors (Lipinski definition) is 2. The zero-order valence-corrected chi connectivity index (χ0v) is 12.3. The Labute approximate surface area is 115 Å². The van der Waals surface area contributed by atoms with Crippen LogP contribution in [0.15, 0.2) is 0 Å². The molecule has 0 saturated heterocycles. The summed E-state index contributed by atoms with van der Waals surface area (Å²) in [5.74, 6) is -0.0446. The van der Waals surface area contributed by atoms with E-state index < -0.39 is 11.0 Å². The lowest BCUT2D eigenvalue weighted by atomic mass is 9.73. The van der Waals surface area contributed by atoms with Crippen molar-refractivity contribution in [3.8, 4) is 0 Å². The molecular formula is C13H24N2O2S. The van der Waals surface area contributed by atoms with Gasteiger partial charge in [-0.15, -0.1) is 0 Å². The molecule has 0 bridgehead atoms. The molecule has 18 heavy (non-hydrogen) atoms. The summed E-state index contributed by atoms with van der Waals surface area (Å²) in [5, 5.41) is 9.80. The van der Waals surface area contributed by atoms with Crippen molar-refractivity contribution in [1.82, 2.24) is 4.90 Å². The average molecular weight is 272 g/mol. The van der Waals surface area contributed by atoms with E-state index in [0.29, 0.717) is 4.99 Å². The molecule has 1 rings (SSSR count). The van der Waals surface area contributed by atoms with Gasteiger partial charge in [0.2, 0.25) is 5.91 Å². The number of amides is 1. The SMILES string of the molecule is CN(CC(C)(C)O)C(=O)C1(C(N)=S)CCCCC1. The number of nitrogens with two attached hydrogens (primary N) is 1. The number of hydrogen-bond acceptors (Lipinski definition) is 3. The van der Waals surface area contributed by atoms with E-state index in [1.807, 2.05) is 0 Å². The summed E-state index contributed by atoms with van der Waals surface area (Å²) >= 11 is 5.13. The van der Waals surface area contributed by atoms with E-state index in [4.69, 9.17) is 18.0 Å². The summed E-state index contributed by atoms with van der Waals surface area (Å²) in [6.07, 6.45) is 4.57. The quantitative estimate of drug-likeness (QED) is 0.760. The van der Waals surface area contributed by atoms with Gasteiger partial charge in [0.05, 0.1) is 16.0 Å². The third-order valence-electron chi connectivity index (χ3n) is 3.56. The second-order valence-electron chi connectivity index (χ2n) is 5.98. The summed E-state index contributed by atoms with van der Waals surface area (Å²) in [7, 11) is 1.70. The predicted octanol–water partition coefficient (Wildman–Crippen LogP) is 1.45. The maximum atomic E-state index is 12.6. The molecule has 0 atom stereocenters. The van der Waals surface area contributed by atoms with E-state index in [9.17, 15) is 9.90 Å². The van der Waals surface area contributed by atoms with E-state index >= 15 is 0 Å². The number of likely N-dealkylation sites (N-methyl/N-ethyl adjacent to an activating group) is 1. The molecule has 0 radical (unpaired) electrons. The Morgan fingerprint density at radius 2 is 1.89 bits per heavy atom. The molecule has 0 heterocycles. The standard InChI is InChI=1S/C13H24N2O2S/c1-12(2,17)9-15(3)11(16)13(10(14)18)7-5-4-6-8-13/h17H,4-9H2,1-3H3,(H2,14,18). The van der Waals surface area contributed by atoms with Crippen LogP contribution in [0.3, 0.4) is 0 Å². The fraction of sp³-hybridized carbons (Fsp3) is 0.846. The molecular weight excluding hydrogens is 248 g/mol. The highest BCUT2D eigenvalue weighted by atomic mass is 32.1. The van der Waals surface area contributed by atoms with Crippen LogP contribution in [0.25, 0.3) is 0 Å². The van der Waals surface area contributed by atoms with Crippen molar-refractivity contribution in [1.29, 1.82) is 0 Å². The van der Waals surface area contributed by atoms with Gasteiger partial charge in [-0.05, 0) is 26.7 Å². The van der Waals surface area contributed by atoms with Crippen LogP contribution in [0, 0.1) is 5.41 Å². The third kappa shape index (κ3) is 3.42. The van der Waals surface area contributed by atoms with Crippen molar-refractivity contribution >= 4 is 23.1 Å². The molecule has 1 saturated carbocycles. The molecule has 4 nitrogen and oxygen atoms in total. The van der Waals surface area contributed by atoms with Crippen LogP contribution >= 0.6 is 12.2 Å². The van der Waals surface area contributed by atoms with E-state index in [0.717, 1.165) is 32.1 Å². The Morgan fingerprint density at radius 1 is 1.39 bits per heavy atom. The maximum Gasteiger partial charge on any atom is 0.235 e. The van der Waals surface area contributed by atoms with E-state index in [2.05, 4.69) is 0 Å². The van der Waals surface area contributed by atoms with Gasteiger partial charge in [-0.2, -0.15) is 0 Å². The first-order chi connectivity index (χ1) is 8.19. The minimum Gasteiger partial charge on any atom is -0.392 e. The van der Waals surface area contributed by atoms with Crippen LogP contribution in [0.5, 0.6) is 0 Å². The van der Waals surface area contributed by atoms with Crippen molar-refractivity contribution in [3.05, 3.63) is 0 Å². The Bertz CT molecular complexity index is 330. The zero-order valence-electron chi connectivity index (χ0n) is 11.5. The topological polar surface area (TPSA) is 66.6 Å². The first-order valence-corrected chi connectivity index (χ1v) is 6.88. The summed E-state index contributed by atoms with van der Waals surface area (Å²) in [4.78, 5) is 14.4. The van der Waals surface area contributed by atoms with Gasteiger partial charge in [0.1, 0.15) is 0 Å². The first kappa shape index (κ1) is 15.4. The second kappa shape index (κ2) is 5.53. The van der Waals surface area contributed by atoms with Gasteiger partial charge in [0, 0.05) is 13.6 Å². The van der Waals surface area contributed by atoms with E-state index in [1.165, 1.54) is 0 Å². The van der Waals surface area contributed by atoms with Gasteiger partial charge < -0.3 is 15.7 Å². The van der Waals surface area contributed by atoms with Crippen LogP contribution in [-0.4, -0.2) is 40.1 Å². The van der Waals surface area contributed by atoms with Crippen molar-refractivity contribution in [2.45, 2.75) is 51.6 Å². The highest BCUT2D eigenvalue weighted by Gasteiger charge is 2.44. The number of aliphatic hydroxyl groups is 1. The van der Waals surface area contributed by atoms with Crippen LogP contribution < -0.4 is 5.73 Å². The molecule has 1 aliphatic carbocycles. The van der Waals surface area contributed by atoms with E-state index in [-0.39, 0.29) is 12.5 Å². The first-order valence-electron chi connectivity index (χ1n) is 6.47. The summed E-state index contributed by atoms with van der Waals surface area (Å²) < 4.78 is 0. The van der Waals surface area contributed by atoms with Crippen LogP contribution in [0.2, 0.25) is 0 Å². The van der Waals surface area contributed by atoms with Crippen molar-refractivity contribution < 1.29 is 9.90 Å². The van der Waals surface area contributed by atoms with Gasteiger partial charge in [-0.25, -0.2) is 0 Å². The molecule has 0 aliphatic heterocycles. The molecule has 1 fully saturated rings. The molecule has 0 aromatic carbocycles. The third-order valence-corrected chi connectivity index (χ3v) is 3.95. The Kier molecular flexibility index (Phi) is 4.72. The lowest BCUT2D eigenvalue weighted by Crippen LogP contribution is -2.53. The highest BCUT2D eigenvalue weighted by Crippen LogP contribution is 2.38. The summed E-state index contributed by atoms with van der Waals surface area (Å²) in [5.41, 5.74) is 4.23. The summed E-state index contributed by atoms with van der Waals surface area (Å²) in [6, 6.07) is 0. The average Bonchev–Trinajstić information content (AvgIpc) is 2.26. The van der Waals surface area contributed by atoms with Crippen molar-refractivity contribution in [2.24, 2.45) is 11.1 Å². The molecule has 0 spiro atoms. The second-order valence-corrected chi connectivity index (χ2v) is 6.42. The van der Waals surface area contributed by atoms with Gasteiger partial charge in [0.25, 0.3) is 0 Å². The lowest BCUT2D eigenvalue weighted by molar-refractivity contribution is -0.141. The number of rotatable bonds is 4. The normalized spacial score (nSPS) is 19.3. The molecule has 1 amide bonds. The van der Waals surface area contributed by atoms with Gasteiger partial charge in [0.15, 0.2) is 0 Å². The van der Waals surface area contributed by atoms with Crippen molar-refractivity contribution in [2.75, 3.05) is 13.6 Å². The van der Waals surface area contributed by atoms with Crippen molar-refractivity contribution in [3.63, 3.8) is 0 Å². The predicted molar refractivity (Wildman–Crippen MR) is 76.2 cm³/mol. The summed E-state index contributed by atoms with van der Waals surface area (Å²) in [6.45, 7) is 3.66. The smallest absolute Gasteiger partial charge is 0.235 e. The van der Waals surface area contributed by atoms with Gasteiger partial charge in [-0.3, -0.25) is 4.79 Å². The molecule has 0 aromatic rings. The number of carbonyl (C=O) groups is 1. The maximum absolute atomic E-state index is 12.6. The lowest BCUT2D eigenvalue weighted by Gasteiger charge is -2.39. The molecule has 3 N–H and O–H groups in total. The van der Waals surface area contributed by atoms with Crippen LogP contribution in [0.1, 0.15) is 46.0 Å². The van der Waals surface area contributed by atoms with E-state index in [1.54, 1.807) is 25.8 Å². The Morgan fingerprint density at radius 3 is 2.28 bits per heavy atom. The zero-order chi connectivity index (χ0) is 14.0. The largest absolute Gasteiger partial charge is 0.392 e. The minimum absolute atomic E-state index is 0.0446. The number of nitrogens with zero attached hydrogens (tertiary/aromatic N) is 1. The fourth-order valence-electron chi connectivity index (χ4n) is 2.74. The number of thiocarbonyl (C=S) groups is 1. The molecule has 5 heteroatoms. The van der Waals surface area contributed by atoms with Gasteiger partial charge >= 0.3 is 0 Å². The Hall–Kier alpha value is -0.680. The molecule has 0 aromatic heterocycles. The molecule has 104 valence electrons. The fourth-order valence-corrected chi connectivity index (χ4v) is 3.03. The minimum atomic E-state index is -0.906. The Balaban J connectivity index is 2.86.